The summed E-state index contributed by atoms with van der Waals surface area (Å²) in [5, 5.41) is 0. The Kier molecular flexibility index (Phi) is 6.10. The van der Waals surface area contributed by atoms with Gasteiger partial charge in [-0.3, -0.25) is 9.59 Å². The summed E-state index contributed by atoms with van der Waals surface area (Å²) in [4.78, 5) is 25.9. The summed E-state index contributed by atoms with van der Waals surface area (Å²) in [5.74, 6) is -1.71. The van der Waals surface area contributed by atoms with E-state index in [4.69, 9.17) is 9.47 Å². The Balaban J connectivity index is 3.47. The normalized spacial score (nSPS) is 11.1. The van der Waals surface area contributed by atoms with Gasteiger partial charge in [-0.2, -0.15) is 0 Å². The number of nitrogens with zero attached hydrogens (tertiary/aromatic N) is 1. The highest BCUT2D eigenvalue weighted by molar-refractivity contribution is 6.26. The van der Waals surface area contributed by atoms with Gasteiger partial charge in [-0.15, -0.1) is 0 Å². The van der Waals surface area contributed by atoms with E-state index >= 15 is 0 Å². The monoisotopic (exact) mass is 309 g/mol. The molecule has 0 fully saturated rings. The summed E-state index contributed by atoms with van der Waals surface area (Å²) < 4.78 is 24.1. The molecule has 0 N–H and O–H groups in total. The number of carbonyl (C=O) groups excluding carboxylic acids is 2. The van der Waals surface area contributed by atoms with Crippen molar-refractivity contribution in [1.29, 1.82) is 0 Å². The summed E-state index contributed by atoms with van der Waals surface area (Å²) in [6.45, 7) is 3.24. The van der Waals surface area contributed by atoms with Crippen LogP contribution in [-0.4, -0.2) is 44.3 Å². The molecular weight excluding hydrogens is 289 g/mol. The Hall–Kier alpha value is -2.37. The Labute approximate surface area is 129 Å². The Morgan fingerprint density at radius 1 is 1.27 bits per heavy atom. The van der Waals surface area contributed by atoms with Gasteiger partial charge in [0.15, 0.2) is 23.1 Å². The molecule has 1 aromatic rings. The maximum Gasteiger partial charge on any atom is 0.201 e. The van der Waals surface area contributed by atoms with Gasteiger partial charge in [-0.05, 0) is 26.0 Å². The molecule has 0 unspecified atom stereocenters. The van der Waals surface area contributed by atoms with Gasteiger partial charge in [0, 0.05) is 20.3 Å². The predicted octanol–water partition coefficient (Wildman–Crippen LogP) is 2.45. The molecule has 0 amide bonds. The molecular formula is C16H20FNO4. The van der Waals surface area contributed by atoms with Gasteiger partial charge in [-0.25, -0.2) is 4.39 Å². The molecule has 0 aliphatic rings. The molecule has 6 heteroatoms. The summed E-state index contributed by atoms with van der Waals surface area (Å²) in [5.41, 5.74) is 0.0722. The predicted molar refractivity (Wildman–Crippen MR) is 80.9 cm³/mol. The summed E-state index contributed by atoms with van der Waals surface area (Å²) in [6.07, 6.45) is 1.43. The van der Waals surface area contributed by atoms with Gasteiger partial charge in [0.25, 0.3) is 0 Å². The first-order valence-electron chi connectivity index (χ1n) is 6.76. The van der Waals surface area contributed by atoms with Gasteiger partial charge in [0.2, 0.25) is 5.78 Å². The van der Waals surface area contributed by atoms with Crippen molar-refractivity contribution in [2.45, 2.75) is 13.8 Å². The number of halogens is 1. The minimum Gasteiger partial charge on any atom is -0.490 e. The highest BCUT2D eigenvalue weighted by Gasteiger charge is 2.25. The van der Waals surface area contributed by atoms with E-state index in [1.54, 1.807) is 25.9 Å². The number of ketones is 2. The van der Waals surface area contributed by atoms with Gasteiger partial charge in [0.1, 0.15) is 0 Å². The smallest absolute Gasteiger partial charge is 0.201 e. The molecule has 0 atom stereocenters. The van der Waals surface area contributed by atoms with E-state index in [0.29, 0.717) is 0 Å². The van der Waals surface area contributed by atoms with Gasteiger partial charge < -0.3 is 14.4 Å². The fourth-order valence-electron chi connectivity index (χ4n) is 1.91. The zero-order chi connectivity index (χ0) is 16.9. The van der Waals surface area contributed by atoms with Crippen molar-refractivity contribution in [2.75, 3.05) is 27.8 Å². The van der Waals surface area contributed by atoms with Gasteiger partial charge in [-0.1, -0.05) is 0 Å². The van der Waals surface area contributed by atoms with Crippen molar-refractivity contribution in [2.24, 2.45) is 0 Å². The number of carbonyl (C=O) groups is 2. The van der Waals surface area contributed by atoms with Crippen LogP contribution >= 0.6 is 0 Å². The Bertz CT molecular complexity index is 608. The Morgan fingerprint density at radius 2 is 1.91 bits per heavy atom. The van der Waals surface area contributed by atoms with E-state index in [1.807, 2.05) is 0 Å². The third-order valence-corrected chi connectivity index (χ3v) is 2.81. The van der Waals surface area contributed by atoms with E-state index in [2.05, 4.69) is 0 Å². The highest BCUT2D eigenvalue weighted by Crippen LogP contribution is 2.35. The standard InChI is InChI=1S/C16H20FNO4/c1-6-22-15-11(7-8-13(17)16(15)21-5)14(20)12(10(2)19)9-18(3)4/h7-9H,6H2,1-5H3/b12-9+. The van der Waals surface area contributed by atoms with Crippen molar-refractivity contribution < 1.29 is 23.5 Å². The van der Waals surface area contributed by atoms with Crippen molar-refractivity contribution in [3.8, 4) is 11.5 Å². The summed E-state index contributed by atoms with van der Waals surface area (Å²) >= 11 is 0. The molecule has 0 radical (unpaired) electrons. The molecule has 0 aliphatic carbocycles. The molecule has 1 aromatic carbocycles. The molecule has 1 rings (SSSR count). The second-order valence-electron chi connectivity index (χ2n) is 4.78. The number of benzene rings is 1. The van der Waals surface area contributed by atoms with Crippen molar-refractivity contribution in [3.05, 3.63) is 35.3 Å². The maximum absolute atomic E-state index is 13.8. The molecule has 0 aliphatic heterocycles. The Morgan fingerprint density at radius 3 is 2.36 bits per heavy atom. The second kappa shape index (κ2) is 7.59. The molecule has 0 aromatic heterocycles. The lowest BCUT2D eigenvalue weighted by molar-refractivity contribution is -0.113. The summed E-state index contributed by atoms with van der Waals surface area (Å²) in [7, 11) is 4.69. The number of allylic oxidation sites excluding steroid dienone is 1. The quantitative estimate of drug-likeness (QED) is 0.335. The first-order valence-corrected chi connectivity index (χ1v) is 6.76. The van der Waals surface area contributed by atoms with E-state index in [-0.39, 0.29) is 35.0 Å². The van der Waals surface area contributed by atoms with E-state index in [1.165, 1.54) is 26.3 Å². The minimum absolute atomic E-state index is 0.000839. The summed E-state index contributed by atoms with van der Waals surface area (Å²) in [6, 6.07) is 2.40. The van der Waals surface area contributed by atoms with Crippen molar-refractivity contribution in [1.82, 2.24) is 4.90 Å². The largest absolute Gasteiger partial charge is 0.490 e. The fraction of sp³-hybridized carbons (Fsp3) is 0.375. The van der Waals surface area contributed by atoms with Crippen LogP contribution in [0.4, 0.5) is 4.39 Å². The van der Waals surface area contributed by atoms with Crippen LogP contribution in [0.3, 0.4) is 0 Å². The molecule has 5 nitrogen and oxygen atoms in total. The van der Waals surface area contributed by atoms with Crippen molar-refractivity contribution >= 4 is 11.6 Å². The zero-order valence-electron chi connectivity index (χ0n) is 13.4. The van der Waals surface area contributed by atoms with Gasteiger partial charge in [0.05, 0.1) is 24.9 Å². The third-order valence-electron chi connectivity index (χ3n) is 2.81. The fourth-order valence-corrected chi connectivity index (χ4v) is 1.91. The molecule has 0 bridgehead atoms. The van der Waals surface area contributed by atoms with E-state index in [9.17, 15) is 14.0 Å². The average Bonchev–Trinajstić information content (AvgIpc) is 2.44. The van der Waals surface area contributed by atoms with Crippen LogP contribution in [0.25, 0.3) is 0 Å². The topological polar surface area (TPSA) is 55.8 Å². The van der Waals surface area contributed by atoms with Crippen LogP contribution < -0.4 is 9.47 Å². The molecule has 22 heavy (non-hydrogen) atoms. The lowest BCUT2D eigenvalue weighted by atomic mass is 10.00. The average molecular weight is 309 g/mol. The van der Waals surface area contributed by atoms with Crippen LogP contribution in [0.5, 0.6) is 11.5 Å². The molecule has 0 saturated carbocycles. The number of ether oxygens (including phenoxy) is 2. The SMILES string of the molecule is CCOc1c(C(=O)/C(=C/N(C)C)C(C)=O)ccc(F)c1OC. The lowest BCUT2D eigenvalue weighted by Crippen LogP contribution is -2.16. The second-order valence-corrected chi connectivity index (χ2v) is 4.78. The number of rotatable bonds is 7. The van der Waals surface area contributed by atoms with Gasteiger partial charge >= 0.3 is 0 Å². The lowest BCUT2D eigenvalue weighted by Gasteiger charge is -2.15. The zero-order valence-corrected chi connectivity index (χ0v) is 13.4. The number of hydrogen-bond acceptors (Lipinski definition) is 5. The first-order chi connectivity index (χ1) is 10.3. The van der Waals surface area contributed by atoms with Crippen LogP contribution in [-0.2, 0) is 4.79 Å². The van der Waals surface area contributed by atoms with Crippen LogP contribution in [0, 0.1) is 5.82 Å². The molecule has 120 valence electrons. The van der Waals surface area contributed by atoms with Crippen LogP contribution in [0.2, 0.25) is 0 Å². The van der Waals surface area contributed by atoms with Crippen molar-refractivity contribution in [3.63, 3.8) is 0 Å². The first kappa shape index (κ1) is 17.7. The third kappa shape index (κ3) is 3.84. The minimum atomic E-state index is -0.636. The number of hydrogen-bond donors (Lipinski definition) is 0. The maximum atomic E-state index is 13.8. The number of Topliss-reactive ketones (excluding diaryl/α,β-unsaturated/α-hetero) is 2. The highest BCUT2D eigenvalue weighted by atomic mass is 19.1. The van der Waals surface area contributed by atoms with E-state index in [0.717, 1.165) is 6.07 Å². The molecule has 0 spiro atoms. The number of methoxy groups -OCH3 is 1. The van der Waals surface area contributed by atoms with E-state index < -0.39 is 11.6 Å². The molecule has 0 saturated heterocycles. The molecule has 0 heterocycles. The van der Waals surface area contributed by atoms with Crippen LogP contribution in [0.15, 0.2) is 23.9 Å². The van der Waals surface area contributed by atoms with Crippen LogP contribution in [0.1, 0.15) is 24.2 Å².